The lowest BCUT2D eigenvalue weighted by atomic mass is 9.65. The molecule has 3 N–H and O–H groups in total. The van der Waals surface area contributed by atoms with E-state index in [0.717, 1.165) is 44.7 Å². The molecule has 5 nitrogen and oxygen atoms in total. The highest BCUT2D eigenvalue weighted by Crippen LogP contribution is 2.59. The minimum absolute atomic E-state index is 0.0172. The quantitative estimate of drug-likeness (QED) is 0.858. The molecule has 2 aliphatic rings. The number of likely N-dealkylation sites (N-methyl/N-ethyl adjacent to an activating group) is 1. The van der Waals surface area contributed by atoms with Crippen molar-refractivity contribution in [2.24, 2.45) is 0 Å². The lowest BCUT2D eigenvalue weighted by Crippen LogP contribution is -2.45. The molecule has 2 heterocycles. The molecule has 148 valence electrons. The number of rotatable bonds is 4. The van der Waals surface area contributed by atoms with Crippen LogP contribution < -0.4 is 11.1 Å². The monoisotopic (exact) mass is 378 g/mol. The summed E-state index contributed by atoms with van der Waals surface area (Å²) in [5.74, 6) is 0.0224. The minimum atomic E-state index is -0.205. The number of nitrogen functional groups attached to an aromatic ring is 1. The van der Waals surface area contributed by atoms with Crippen LogP contribution in [0.3, 0.4) is 0 Å². The predicted octanol–water partition coefficient (Wildman–Crippen LogP) is 3.03. The van der Waals surface area contributed by atoms with E-state index in [0.29, 0.717) is 5.69 Å². The third kappa shape index (κ3) is 2.89. The van der Waals surface area contributed by atoms with E-state index in [1.807, 2.05) is 17.0 Å². The Hall–Kier alpha value is -2.40. The number of anilines is 1. The molecule has 4 rings (SSSR count). The Labute approximate surface area is 167 Å². The fourth-order valence-corrected chi connectivity index (χ4v) is 5.44. The van der Waals surface area contributed by atoms with Crippen LogP contribution in [0.2, 0.25) is 0 Å². The van der Waals surface area contributed by atoms with E-state index < -0.39 is 0 Å². The molecule has 2 atom stereocenters. The summed E-state index contributed by atoms with van der Waals surface area (Å²) in [6, 6.07) is 12.3. The lowest BCUT2D eigenvalue weighted by molar-refractivity contribution is -0.133. The van der Waals surface area contributed by atoms with Gasteiger partial charge in [-0.05, 0) is 63.0 Å². The number of pyridine rings is 1. The number of aromatic nitrogens is 1. The fraction of sp³-hybridized carbons (Fsp3) is 0.478. The number of nitrogens with zero attached hydrogens (tertiary/aromatic N) is 2. The number of hydrogen-bond donors (Lipinski definition) is 2. The van der Waals surface area contributed by atoms with Gasteiger partial charge >= 0.3 is 0 Å². The molecule has 1 unspecified atom stereocenters. The number of fused-ring (bicyclic) bond motifs is 2. The Kier molecular flexibility index (Phi) is 5.11. The minimum Gasteiger partial charge on any atom is -0.399 e. The van der Waals surface area contributed by atoms with Crippen LogP contribution in [0, 0.1) is 0 Å². The molecule has 5 heteroatoms. The molecule has 1 fully saturated rings. The molecule has 1 amide bonds. The van der Waals surface area contributed by atoms with Gasteiger partial charge in [0.05, 0.1) is 5.92 Å². The first kappa shape index (κ1) is 18.9. The summed E-state index contributed by atoms with van der Waals surface area (Å²) in [4.78, 5) is 20.4. The molecular weight excluding hydrogens is 348 g/mol. The van der Waals surface area contributed by atoms with Crippen LogP contribution in [0.5, 0.6) is 0 Å². The molecule has 0 saturated carbocycles. The second-order valence-electron chi connectivity index (χ2n) is 7.97. The van der Waals surface area contributed by atoms with Gasteiger partial charge in [-0.15, -0.1) is 0 Å². The zero-order chi connectivity index (χ0) is 19.7. The maximum Gasteiger partial charge on any atom is 0.230 e. The van der Waals surface area contributed by atoms with Crippen molar-refractivity contribution in [2.75, 3.05) is 31.9 Å². The van der Waals surface area contributed by atoms with Crippen molar-refractivity contribution in [3.8, 4) is 0 Å². The molecule has 1 aliphatic heterocycles. The van der Waals surface area contributed by atoms with Crippen LogP contribution in [0.25, 0.3) is 0 Å². The van der Waals surface area contributed by atoms with E-state index in [4.69, 9.17) is 10.7 Å². The van der Waals surface area contributed by atoms with Gasteiger partial charge in [0.2, 0.25) is 5.91 Å². The van der Waals surface area contributed by atoms with Gasteiger partial charge in [0.25, 0.3) is 0 Å². The van der Waals surface area contributed by atoms with E-state index >= 15 is 0 Å². The fourth-order valence-electron chi connectivity index (χ4n) is 5.44. The van der Waals surface area contributed by atoms with Crippen LogP contribution in [0.1, 0.15) is 55.3 Å². The van der Waals surface area contributed by atoms with Gasteiger partial charge in [-0.25, -0.2) is 0 Å². The Balaban J connectivity index is 1.92. The summed E-state index contributed by atoms with van der Waals surface area (Å²) >= 11 is 0. The van der Waals surface area contributed by atoms with Gasteiger partial charge in [0.1, 0.15) is 0 Å². The zero-order valence-electron chi connectivity index (χ0n) is 16.8. The zero-order valence-corrected chi connectivity index (χ0v) is 16.8. The summed E-state index contributed by atoms with van der Waals surface area (Å²) in [6.45, 7) is 7.46. The topological polar surface area (TPSA) is 71.2 Å². The highest BCUT2D eigenvalue weighted by atomic mass is 16.2. The van der Waals surface area contributed by atoms with Crippen LogP contribution in [-0.4, -0.2) is 42.0 Å². The van der Waals surface area contributed by atoms with Crippen LogP contribution >= 0.6 is 0 Å². The molecule has 0 radical (unpaired) electrons. The number of nitrogens with one attached hydrogen (secondary N) is 1. The normalized spacial score (nSPS) is 22.8. The van der Waals surface area contributed by atoms with Gasteiger partial charge < -0.3 is 16.0 Å². The SMILES string of the molecule is CCN(CC)C(=O)[C@@H]1c2ccccc2C2(CCNCC2)C1c1cc(N)ccn1. The largest absolute Gasteiger partial charge is 0.399 e. The van der Waals surface area contributed by atoms with Gasteiger partial charge in [-0.1, -0.05) is 24.3 Å². The summed E-state index contributed by atoms with van der Waals surface area (Å²) in [5.41, 5.74) is 10.2. The first-order chi connectivity index (χ1) is 13.6. The molecule has 28 heavy (non-hydrogen) atoms. The van der Waals surface area contributed by atoms with Crippen LogP contribution in [0.15, 0.2) is 42.6 Å². The molecule has 1 saturated heterocycles. The van der Waals surface area contributed by atoms with E-state index in [1.54, 1.807) is 6.20 Å². The second kappa shape index (κ2) is 7.55. The van der Waals surface area contributed by atoms with Gasteiger partial charge in [-0.3, -0.25) is 9.78 Å². The number of hydrogen-bond acceptors (Lipinski definition) is 4. The maximum atomic E-state index is 13.7. The Morgan fingerprint density at radius 1 is 1.21 bits per heavy atom. The van der Waals surface area contributed by atoms with Crippen molar-refractivity contribution in [1.82, 2.24) is 15.2 Å². The number of amides is 1. The first-order valence-electron chi connectivity index (χ1n) is 10.4. The molecule has 0 bridgehead atoms. The number of carbonyl (C=O) groups is 1. The van der Waals surface area contributed by atoms with E-state index in [-0.39, 0.29) is 23.2 Å². The molecule has 1 spiro atoms. The van der Waals surface area contributed by atoms with Crippen molar-refractivity contribution in [1.29, 1.82) is 0 Å². The summed E-state index contributed by atoms with van der Waals surface area (Å²) in [5, 5.41) is 3.50. The molecule has 1 aromatic carbocycles. The maximum absolute atomic E-state index is 13.7. The van der Waals surface area contributed by atoms with Crippen molar-refractivity contribution in [3.05, 3.63) is 59.4 Å². The van der Waals surface area contributed by atoms with Crippen molar-refractivity contribution in [3.63, 3.8) is 0 Å². The van der Waals surface area contributed by atoms with Gasteiger partial charge in [-0.2, -0.15) is 0 Å². The number of carbonyl (C=O) groups excluding carboxylic acids is 1. The highest BCUT2D eigenvalue weighted by molar-refractivity contribution is 5.87. The van der Waals surface area contributed by atoms with Crippen LogP contribution in [-0.2, 0) is 10.2 Å². The smallest absolute Gasteiger partial charge is 0.230 e. The number of nitrogens with two attached hydrogens (primary N) is 1. The average molecular weight is 379 g/mol. The number of piperidine rings is 1. The van der Waals surface area contributed by atoms with E-state index in [1.165, 1.54) is 11.1 Å². The molecular formula is C23H30N4O. The van der Waals surface area contributed by atoms with Gasteiger partial charge in [0, 0.05) is 42.0 Å². The first-order valence-corrected chi connectivity index (χ1v) is 10.4. The number of benzene rings is 1. The van der Waals surface area contributed by atoms with Crippen molar-refractivity contribution >= 4 is 11.6 Å². The Bertz CT molecular complexity index is 855. The average Bonchev–Trinajstić information content (AvgIpc) is 2.99. The molecule has 1 aromatic heterocycles. The second-order valence-corrected chi connectivity index (χ2v) is 7.97. The third-order valence-corrected chi connectivity index (χ3v) is 6.72. The van der Waals surface area contributed by atoms with E-state index in [9.17, 15) is 4.79 Å². The predicted molar refractivity (Wildman–Crippen MR) is 112 cm³/mol. The third-order valence-electron chi connectivity index (χ3n) is 6.72. The van der Waals surface area contributed by atoms with Crippen molar-refractivity contribution in [2.45, 2.75) is 43.9 Å². The van der Waals surface area contributed by atoms with Gasteiger partial charge in [0.15, 0.2) is 0 Å². The van der Waals surface area contributed by atoms with Crippen molar-refractivity contribution < 1.29 is 4.79 Å². The lowest BCUT2D eigenvalue weighted by Gasteiger charge is -2.41. The molecule has 2 aromatic rings. The summed E-state index contributed by atoms with van der Waals surface area (Å²) in [7, 11) is 0. The summed E-state index contributed by atoms with van der Waals surface area (Å²) < 4.78 is 0. The van der Waals surface area contributed by atoms with E-state index in [2.05, 4.69) is 43.4 Å². The highest BCUT2D eigenvalue weighted by Gasteiger charge is 2.56. The standard InChI is InChI=1S/C23H30N4O/c1-3-27(4-2)22(28)20-17-7-5-6-8-18(17)23(10-13-25-14-11-23)21(20)19-15-16(24)9-12-26-19/h5-9,12,15,20-21,25H,3-4,10-11,13-14H2,1-2H3,(H2,24,26)/t20-,21?/m1/s1. The Morgan fingerprint density at radius 3 is 2.61 bits per heavy atom. The molecule has 1 aliphatic carbocycles. The van der Waals surface area contributed by atoms with Crippen LogP contribution in [0.4, 0.5) is 5.69 Å². The Morgan fingerprint density at radius 2 is 1.93 bits per heavy atom. The summed E-state index contributed by atoms with van der Waals surface area (Å²) in [6.07, 6.45) is 3.79.